The highest BCUT2D eigenvalue weighted by Gasteiger charge is 2.21. The molecule has 0 bridgehead atoms. The number of aliphatic imine (C=N–C) groups is 1. The molecule has 6 nitrogen and oxygen atoms in total. The quantitative estimate of drug-likeness (QED) is 0.427. The molecule has 2 aliphatic heterocycles. The van der Waals surface area contributed by atoms with Gasteiger partial charge >= 0.3 is 0 Å². The smallest absolute Gasteiger partial charge is 0.194 e. The number of guanidine groups is 1. The summed E-state index contributed by atoms with van der Waals surface area (Å²) in [6.07, 6.45) is 2.33. The van der Waals surface area contributed by atoms with Gasteiger partial charge in [0.15, 0.2) is 5.96 Å². The number of piperazine rings is 1. The molecule has 2 saturated heterocycles. The molecule has 1 N–H and O–H groups in total. The van der Waals surface area contributed by atoms with Crippen LogP contribution in [-0.4, -0.2) is 87.9 Å². The summed E-state index contributed by atoms with van der Waals surface area (Å²) < 4.78 is 5.41. The van der Waals surface area contributed by atoms with Gasteiger partial charge in [-0.25, -0.2) is 0 Å². The summed E-state index contributed by atoms with van der Waals surface area (Å²) in [6, 6.07) is 8.10. The van der Waals surface area contributed by atoms with Crippen molar-refractivity contribution >= 4 is 23.2 Å². The van der Waals surface area contributed by atoms with E-state index < -0.39 is 0 Å². The molecule has 28 heavy (non-hydrogen) atoms. The van der Waals surface area contributed by atoms with Crippen LogP contribution in [0.1, 0.15) is 19.8 Å². The lowest BCUT2D eigenvalue weighted by Gasteiger charge is -2.38. The molecule has 2 fully saturated rings. The lowest BCUT2D eigenvalue weighted by atomic mass is 10.2. The van der Waals surface area contributed by atoms with Gasteiger partial charge in [0.1, 0.15) is 0 Å². The highest BCUT2D eigenvalue weighted by atomic mass is 35.5. The van der Waals surface area contributed by atoms with Crippen LogP contribution in [-0.2, 0) is 4.74 Å². The molecule has 0 aliphatic carbocycles. The molecule has 1 aromatic carbocycles. The number of unbranched alkanes of at least 4 members (excludes halogenated alkanes) is 1. The molecule has 0 unspecified atom stereocenters. The summed E-state index contributed by atoms with van der Waals surface area (Å²) >= 11 is 6.36. The molecule has 3 rings (SSSR count). The van der Waals surface area contributed by atoms with Gasteiger partial charge in [-0.1, -0.05) is 23.7 Å². The maximum absolute atomic E-state index is 6.36. The molecule has 0 spiro atoms. The predicted molar refractivity (Wildman–Crippen MR) is 118 cm³/mol. The van der Waals surface area contributed by atoms with E-state index in [9.17, 15) is 0 Å². The van der Waals surface area contributed by atoms with Gasteiger partial charge in [0, 0.05) is 52.4 Å². The zero-order chi connectivity index (χ0) is 19.6. The Kier molecular flexibility index (Phi) is 8.70. The number of rotatable bonds is 7. The molecular weight excluding hydrogens is 374 g/mol. The van der Waals surface area contributed by atoms with E-state index in [1.165, 1.54) is 6.42 Å². The third kappa shape index (κ3) is 6.26. The molecule has 2 aliphatic rings. The Balaban J connectivity index is 1.43. The molecule has 7 heteroatoms. The summed E-state index contributed by atoms with van der Waals surface area (Å²) in [5.41, 5.74) is 1.13. The standard InChI is InChI=1S/C21H34ClN5O/c1-2-23-21(24-9-5-6-10-25-15-17-28-18-16-25)27-13-11-26(12-14-27)20-8-4-3-7-19(20)22/h3-4,7-8H,2,5-6,9-18H2,1H3,(H,23,24). The van der Waals surface area contributed by atoms with Gasteiger partial charge < -0.3 is 19.9 Å². The molecule has 0 atom stereocenters. The van der Waals surface area contributed by atoms with E-state index in [1.54, 1.807) is 0 Å². The minimum Gasteiger partial charge on any atom is -0.379 e. The fourth-order valence-corrected chi connectivity index (χ4v) is 4.01. The van der Waals surface area contributed by atoms with Crippen LogP contribution in [0.25, 0.3) is 0 Å². The molecular formula is C21H34ClN5O. The van der Waals surface area contributed by atoms with Crippen LogP contribution in [0.3, 0.4) is 0 Å². The number of hydrogen-bond donors (Lipinski definition) is 1. The van der Waals surface area contributed by atoms with Crippen molar-refractivity contribution in [1.29, 1.82) is 0 Å². The first-order valence-corrected chi connectivity index (χ1v) is 11.0. The van der Waals surface area contributed by atoms with Gasteiger partial charge in [0.25, 0.3) is 0 Å². The van der Waals surface area contributed by atoms with E-state index >= 15 is 0 Å². The second kappa shape index (κ2) is 11.5. The number of halogens is 1. The van der Waals surface area contributed by atoms with Crippen LogP contribution < -0.4 is 10.2 Å². The Bertz CT molecular complexity index is 613. The van der Waals surface area contributed by atoms with Gasteiger partial charge in [-0.2, -0.15) is 0 Å². The molecule has 0 saturated carbocycles. The first-order valence-electron chi connectivity index (χ1n) is 10.6. The van der Waals surface area contributed by atoms with Crippen molar-refractivity contribution < 1.29 is 4.74 Å². The predicted octanol–water partition coefficient (Wildman–Crippen LogP) is 2.54. The summed E-state index contributed by atoms with van der Waals surface area (Å²) in [5.74, 6) is 1.05. The Morgan fingerprint density at radius 2 is 1.82 bits per heavy atom. The highest BCUT2D eigenvalue weighted by molar-refractivity contribution is 6.33. The van der Waals surface area contributed by atoms with Gasteiger partial charge in [0.2, 0.25) is 0 Å². The van der Waals surface area contributed by atoms with Crippen molar-refractivity contribution in [2.75, 3.05) is 77.0 Å². The van der Waals surface area contributed by atoms with Gasteiger partial charge in [-0.15, -0.1) is 0 Å². The van der Waals surface area contributed by atoms with Crippen molar-refractivity contribution in [2.45, 2.75) is 19.8 Å². The largest absolute Gasteiger partial charge is 0.379 e. The Labute approximate surface area is 174 Å². The molecule has 0 radical (unpaired) electrons. The highest BCUT2D eigenvalue weighted by Crippen LogP contribution is 2.26. The number of para-hydroxylation sites is 1. The van der Waals surface area contributed by atoms with Crippen LogP contribution in [0.4, 0.5) is 5.69 Å². The SMILES string of the molecule is CCNC(=NCCCCN1CCOCC1)N1CCN(c2ccccc2Cl)CC1. The zero-order valence-electron chi connectivity index (χ0n) is 17.1. The topological polar surface area (TPSA) is 43.3 Å². The van der Waals surface area contributed by atoms with Crippen molar-refractivity contribution in [3.8, 4) is 0 Å². The Morgan fingerprint density at radius 3 is 2.54 bits per heavy atom. The second-order valence-electron chi connectivity index (χ2n) is 7.32. The van der Waals surface area contributed by atoms with E-state index in [4.69, 9.17) is 21.3 Å². The molecule has 1 aromatic rings. The number of nitrogens with one attached hydrogen (secondary N) is 1. The maximum atomic E-state index is 6.36. The minimum atomic E-state index is 0.830. The van der Waals surface area contributed by atoms with E-state index in [0.717, 1.165) is 95.2 Å². The van der Waals surface area contributed by atoms with Crippen LogP contribution in [0.5, 0.6) is 0 Å². The van der Waals surface area contributed by atoms with Crippen LogP contribution in [0, 0.1) is 0 Å². The van der Waals surface area contributed by atoms with E-state index in [1.807, 2.05) is 12.1 Å². The Morgan fingerprint density at radius 1 is 1.07 bits per heavy atom. The third-order valence-corrected chi connectivity index (χ3v) is 5.67. The lowest BCUT2D eigenvalue weighted by Crippen LogP contribution is -2.52. The van der Waals surface area contributed by atoms with Crippen molar-refractivity contribution in [3.05, 3.63) is 29.3 Å². The minimum absolute atomic E-state index is 0.830. The summed E-state index contributed by atoms with van der Waals surface area (Å²) in [5, 5.41) is 4.29. The van der Waals surface area contributed by atoms with Crippen molar-refractivity contribution in [3.63, 3.8) is 0 Å². The summed E-state index contributed by atoms with van der Waals surface area (Å²) in [6.45, 7) is 12.8. The zero-order valence-corrected chi connectivity index (χ0v) is 17.8. The first-order chi connectivity index (χ1) is 13.8. The molecule has 156 valence electrons. The second-order valence-corrected chi connectivity index (χ2v) is 7.73. The normalized spacial score (nSPS) is 19.1. The number of ether oxygens (including phenoxy) is 1. The van der Waals surface area contributed by atoms with Crippen LogP contribution in [0.2, 0.25) is 5.02 Å². The Hall–Kier alpha value is -1.50. The van der Waals surface area contributed by atoms with Crippen LogP contribution in [0.15, 0.2) is 29.3 Å². The van der Waals surface area contributed by atoms with Gasteiger partial charge in [-0.05, 0) is 38.4 Å². The summed E-state index contributed by atoms with van der Waals surface area (Å²) in [7, 11) is 0. The van der Waals surface area contributed by atoms with E-state index in [-0.39, 0.29) is 0 Å². The van der Waals surface area contributed by atoms with Gasteiger partial charge in [0.05, 0.1) is 23.9 Å². The monoisotopic (exact) mass is 407 g/mol. The van der Waals surface area contributed by atoms with Crippen LogP contribution >= 0.6 is 11.6 Å². The maximum Gasteiger partial charge on any atom is 0.194 e. The fourth-order valence-electron chi connectivity index (χ4n) is 3.75. The molecule has 2 heterocycles. The van der Waals surface area contributed by atoms with Crippen molar-refractivity contribution in [2.24, 2.45) is 4.99 Å². The number of benzene rings is 1. The molecule has 0 amide bonds. The number of nitrogens with zero attached hydrogens (tertiary/aromatic N) is 4. The molecule has 0 aromatic heterocycles. The first kappa shape index (κ1) is 21.2. The van der Waals surface area contributed by atoms with Crippen molar-refractivity contribution in [1.82, 2.24) is 15.1 Å². The fraction of sp³-hybridized carbons (Fsp3) is 0.667. The number of morpholine rings is 1. The van der Waals surface area contributed by atoms with E-state index in [2.05, 4.69) is 39.1 Å². The summed E-state index contributed by atoms with van der Waals surface area (Å²) in [4.78, 5) is 12.1. The third-order valence-electron chi connectivity index (χ3n) is 5.35. The lowest BCUT2D eigenvalue weighted by molar-refractivity contribution is 0.0373. The van der Waals surface area contributed by atoms with Gasteiger partial charge in [-0.3, -0.25) is 9.89 Å². The number of anilines is 1. The number of hydrogen-bond acceptors (Lipinski definition) is 4. The average molecular weight is 408 g/mol. The average Bonchev–Trinajstić information content (AvgIpc) is 2.74. The van der Waals surface area contributed by atoms with E-state index in [0.29, 0.717) is 0 Å².